The van der Waals surface area contributed by atoms with Crippen molar-refractivity contribution in [2.24, 2.45) is 5.10 Å². The molecule has 1 aliphatic carbocycles. The predicted molar refractivity (Wildman–Crippen MR) is 119 cm³/mol. The maximum atomic E-state index is 4.64. The summed E-state index contributed by atoms with van der Waals surface area (Å²) in [5, 5.41) is 4.64. The van der Waals surface area contributed by atoms with Crippen LogP contribution < -0.4 is 5.43 Å². The number of hydrogen-bond donors (Lipinski definition) is 1. The summed E-state index contributed by atoms with van der Waals surface area (Å²) in [6.45, 7) is 11.1. The summed E-state index contributed by atoms with van der Waals surface area (Å²) in [5.41, 5.74) is 12.3. The second kappa shape index (κ2) is 8.39. The molecule has 0 heterocycles. The van der Waals surface area contributed by atoms with Crippen LogP contribution in [0.25, 0.3) is 5.57 Å². The van der Waals surface area contributed by atoms with E-state index in [0.29, 0.717) is 11.8 Å². The molecule has 140 valence electrons. The summed E-state index contributed by atoms with van der Waals surface area (Å²) in [6, 6.07) is 15.0. The van der Waals surface area contributed by atoms with Gasteiger partial charge in [-0.2, -0.15) is 5.10 Å². The molecule has 0 aromatic heterocycles. The second-order valence-electron chi connectivity index (χ2n) is 7.85. The van der Waals surface area contributed by atoms with Gasteiger partial charge in [0.2, 0.25) is 0 Å². The van der Waals surface area contributed by atoms with Crippen molar-refractivity contribution in [3.05, 3.63) is 82.4 Å². The Bertz CT molecular complexity index is 872. The highest BCUT2D eigenvalue weighted by Crippen LogP contribution is 2.33. The molecule has 27 heavy (non-hydrogen) atoms. The van der Waals surface area contributed by atoms with E-state index in [1.165, 1.54) is 27.8 Å². The van der Waals surface area contributed by atoms with E-state index in [1.54, 1.807) is 0 Å². The Morgan fingerprint density at radius 1 is 0.926 bits per heavy atom. The number of rotatable bonds is 6. The summed E-state index contributed by atoms with van der Waals surface area (Å²) in [6.07, 6.45) is 7.38. The third-order valence-corrected chi connectivity index (χ3v) is 5.20. The minimum atomic E-state index is 0.450. The van der Waals surface area contributed by atoms with Crippen LogP contribution >= 0.6 is 0 Å². The fraction of sp³-hybridized carbons (Fsp3) is 0.320. The third-order valence-electron chi connectivity index (χ3n) is 5.20. The van der Waals surface area contributed by atoms with Gasteiger partial charge in [0.15, 0.2) is 0 Å². The SMILES string of the molecule is CC1=C(c2ccccc2/C=N/Nc2c(C(C)C)cccc2C(C)C)CC=C1. The molecule has 0 atom stereocenters. The van der Waals surface area contributed by atoms with E-state index >= 15 is 0 Å². The Hall–Kier alpha value is -2.61. The van der Waals surface area contributed by atoms with Gasteiger partial charge in [0.05, 0.1) is 11.9 Å². The number of hydrazone groups is 1. The molecular weight excluding hydrogens is 328 g/mol. The summed E-state index contributed by atoms with van der Waals surface area (Å²) >= 11 is 0. The highest BCUT2D eigenvalue weighted by atomic mass is 15.3. The van der Waals surface area contributed by atoms with Crippen molar-refractivity contribution in [3.63, 3.8) is 0 Å². The van der Waals surface area contributed by atoms with Gasteiger partial charge < -0.3 is 0 Å². The zero-order chi connectivity index (χ0) is 19.4. The van der Waals surface area contributed by atoms with Gasteiger partial charge in [-0.25, -0.2) is 0 Å². The first-order valence-corrected chi connectivity index (χ1v) is 9.86. The second-order valence-corrected chi connectivity index (χ2v) is 7.85. The highest BCUT2D eigenvalue weighted by molar-refractivity contribution is 5.90. The number of nitrogens with zero attached hydrogens (tertiary/aromatic N) is 1. The number of allylic oxidation sites excluding steroid dienone is 4. The predicted octanol–water partition coefficient (Wildman–Crippen LogP) is 7.11. The number of hydrogen-bond acceptors (Lipinski definition) is 2. The van der Waals surface area contributed by atoms with Crippen molar-refractivity contribution in [1.29, 1.82) is 0 Å². The fourth-order valence-corrected chi connectivity index (χ4v) is 3.67. The van der Waals surface area contributed by atoms with Crippen molar-refractivity contribution >= 4 is 17.5 Å². The van der Waals surface area contributed by atoms with Crippen molar-refractivity contribution in [2.45, 2.75) is 52.9 Å². The zero-order valence-corrected chi connectivity index (χ0v) is 17.1. The summed E-state index contributed by atoms with van der Waals surface area (Å²) in [7, 11) is 0. The van der Waals surface area contributed by atoms with Gasteiger partial charge in [-0.15, -0.1) is 0 Å². The van der Waals surface area contributed by atoms with E-state index in [2.05, 4.69) is 99.8 Å². The van der Waals surface area contributed by atoms with E-state index in [-0.39, 0.29) is 0 Å². The van der Waals surface area contributed by atoms with Crippen LogP contribution in [0.4, 0.5) is 5.69 Å². The number of anilines is 1. The minimum absolute atomic E-state index is 0.450. The average Bonchev–Trinajstić information content (AvgIpc) is 3.07. The Morgan fingerprint density at radius 2 is 1.59 bits per heavy atom. The van der Waals surface area contributed by atoms with Crippen molar-refractivity contribution in [2.75, 3.05) is 5.43 Å². The smallest absolute Gasteiger partial charge is 0.0630 e. The largest absolute Gasteiger partial charge is 0.278 e. The molecule has 0 saturated carbocycles. The maximum Gasteiger partial charge on any atom is 0.0630 e. The van der Waals surface area contributed by atoms with Crippen LogP contribution in [0, 0.1) is 0 Å². The Kier molecular flexibility index (Phi) is 5.95. The van der Waals surface area contributed by atoms with Gasteiger partial charge in [0.1, 0.15) is 0 Å². The molecule has 2 aromatic carbocycles. The quantitative estimate of drug-likeness (QED) is 0.432. The molecule has 2 aromatic rings. The van der Waals surface area contributed by atoms with Gasteiger partial charge in [-0.1, -0.05) is 82.3 Å². The minimum Gasteiger partial charge on any atom is -0.278 e. The van der Waals surface area contributed by atoms with Crippen LogP contribution in [0.5, 0.6) is 0 Å². The number of nitrogens with one attached hydrogen (secondary N) is 1. The maximum absolute atomic E-state index is 4.64. The standard InChI is InChI=1S/C25H30N2/c1-17(2)21-13-9-14-22(18(3)4)25(21)27-26-16-20-11-6-7-12-24(20)23-15-8-10-19(23)5/h6-14,16-18,27H,15H2,1-5H3/b26-16+. The number of para-hydroxylation sites is 1. The van der Waals surface area contributed by atoms with Gasteiger partial charge in [0, 0.05) is 5.56 Å². The molecule has 1 N–H and O–H groups in total. The lowest BCUT2D eigenvalue weighted by Crippen LogP contribution is -2.04. The fourth-order valence-electron chi connectivity index (χ4n) is 3.67. The average molecular weight is 359 g/mol. The van der Waals surface area contributed by atoms with Crippen LogP contribution in [-0.2, 0) is 0 Å². The molecule has 1 aliphatic rings. The summed E-state index contributed by atoms with van der Waals surface area (Å²) < 4.78 is 0. The van der Waals surface area contributed by atoms with E-state index < -0.39 is 0 Å². The topological polar surface area (TPSA) is 24.4 Å². The first kappa shape index (κ1) is 19.2. The van der Waals surface area contributed by atoms with E-state index in [4.69, 9.17) is 0 Å². The highest BCUT2D eigenvalue weighted by Gasteiger charge is 2.14. The van der Waals surface area contributed by atoms with Crippen LogP contribution in [0.1, 0.15) is 75.1 Å². The number of benzene rings is 2. The molecule has 0 unspecified atom stereocenters. The summed E-state index contributed by atoms with van der Waals surface area (Å²) in [4.78, 5) is 0. The lowest BCUT2D eigenvalue weighted by molar-refractivity contribution is 0.835. The molecule has 0 aliphatic heterocycles. The van der Waals surface area contributed by atoms with Crippen LogP contribution in [-0.4, -0.2) is 6.21 Å². The molecular formula is C25H30N2. The van der Waals surface area contributed by atoms with Gasteiger partial charge in [0.25, 0.3) is 0 Å². The molecule has 2 nitrogen and oxygen atoms in total. The molecule has 0 radical (unpaired) electrons. The first-order valence-electron chi connectivity index (χ1n) is 9.86. The Morgan fingerprint density at radius 3 is 2.19 bits per heavy atom. The monoisotopic (exact) mass is 358 g/mol. The van der Waals surface area contributed by atoms with Crippen molar-refractivity contribution < 1.29 is 0 Å². The molecule has 0 saturated heterocycles. The molecule has 0 fully saturated rings. The van der Waals surface area contributed by atoms with E-state index in [1.807, 2.05) is 6.21 Å². The molecule has 0 amide bonds. The molecule has 3 rings (SSSR count). The Balaban J connectivity index is 1.91. The van der Waals surface area contributed by atoms with E-state index in [0.717, 1.165) is 17.7 Å². The normalized spacial score (nSPS) is 14.2. The van der Waals surface area contributed by atoms with Crippen molar-refractivity contribution in [1.82, 2.24) is 0 Å². The lowest BCUT2D eigenvalue weighted by Gasteiger charge is -2.18. The van der Waals surface area contributed by atoms with Gasteiger partial charge in [-0.05, 0) is 53.0 Å². The van der Waals surface area contributed by atoms with Crippen LogP contribution in [0.2, 0.25) is 0 Å². The zero-order valence-electron chi connectivity index (χ0n) is 17.1. The Labute approximate surface area is 163 Å². The molecule has 0 bridgehead atoms. The summed E-state index contributed by atoms with van der Waals surface area (Å²) in [5.74, 6) is 0.900. The van der Waals surface area contributed by atoms with E-state index in [9.17, 15) is 0 Å². The van der Waals surface area contributed by atoms with Crippen LogP contribution in [0.15, 0.2) is 65.3 Å². The van der Waals surface area contributed by atoms with Gasteiger partial charge in [-0.3, -0.25) is 5.43 Å². The van der Waals surface area contributed by atoms with Gasteiger partial charge >= 0.3 is 0 Å². The molecule has 2 heteroatoms. The first-order chi connectivity index (χ1) is 13.0. The van der Waals surface area contributed by atoms with Crippen molar-refractivity contribution in [3.8, 4) is 0 Å². The molecule has 0 spiro atoms. The third kappa shape index (κ3) is 4.21. The van der Waals surface area contributed by atoms with Crippen LogP contribution in [0.3, 0.4) is 0 Å². The lowest BCUT2D eigenvalue weighted by atomic mass is 9.93.